The van der Waals surface area contributed by atoms with Crippen molar-refractivity contribution in [3.05, 3.63) is 0 Å². The summed E-state index contributed by atoms with van der Waals surface area (Å²) in [5.41, 5.74) is -3.17. The summed E-state index contributed by atoms with van der Waals surface area (Å²) in [4.78, 5) is 0. The third kappa shape index (κ3) is 1.80. The van der Waals surface area contributed by atoms with Gasteiger partial charge < -0.3 is 40.9 Å². The van der Waals surface area contributed by atoms with E-state index in [1.807, 2.05) is 0 Å². The Labute approximate surface area is 125 Å². The summed E-state index contributed by atoms with van der Waals surface area (Å²) in [7, 11) is 10.6. The van der Waals surface area contributed by atoms with Gasteiger partial charge in [-0.2, -0.15) is 0 Å². The van der Waals surface area contributed by atoms with Gasteiger partial charge in [0.1, 0.15) is 27.2 Å². The van der Waals surface area contributed by atoms with E-state index < -0.39 is 68.0 Å². The topological polar surface area (TPSA) is 162 Å². The minimum Gasteiger partial charge on any atom is -0.508 e. The monoisotopic (exact) mass is 302 g/mol. The van der Waals surface area contributed by atoms with Crippen LogP contribution in [0.2, 0.25) is 0 Å². The lowest BCUT2D eigenvalue weighted by Crippen LogP contribution is -2.09. The largest absolute Gasteiger partial charge is 0.508 e. The fourth-order valence-electron chi connectivity index (χ4n) is 1.91. The van der Waals surface area contributed by atoms with Crippen LogP contribution in [0.4, 0.5) is 0 Å². The molecule has 2 aromatic carbocycles. The number of hydrogen-bond donors (Lipinski definition) is 8. The van der Waals surface area contributed by atoms with E-state index in [2.05, 4.69) is 0 Å². The first-order valence-electron chi connectivity index (χ1n) is 5.62. The van der Waals surface area contributed by atoms with Crippen LogP contribution in [-0.2, 0) is 0 Å². The Morgan fingerprint density at radius 1 is 0.364 bits per heavy atom. The van der Waals surface area contributed by atoms with Gasteiger partial charge in [-0.05, 0) is 10.9 Å². The fraction of sp³-hybridized carbons (Fsp3) is 0. The van der Waals surface area contributed by atoms with Gasteiger partial charge >= 0.3 is 0 Å². The molecule has 0 heterocycles. The van der Waals surface area contributed by atoms with Crippen molar-refractivity contribution in [3.63, 3.8) is 0 Å². The summed E-state index contributed by atoms with van der Waals surface area (Å²) in [6, 6.07) is 0. The predicted octanol–water partition coefficient (Wildman–Crippen LogP) is -1.41. The van der Waals surface area contributed by atoms with Crippen LogP contribution in [0.25, 0.3) is 11.1 Å². The molecule has 0 amide bonds. The Morgan fingerprint density at radius 2 is 0.636 bits per heavy atom. The molecule has 0 aliphatic rings. The molecule has 0 saturated heterocycles. The van der Waals surface area contributed by atoms with Crippen molar-refractivity contribution >= 4 is 26.6 Å². The van der Waals surface area contributed by atoms with Crippen LogP contribution in [0.1, 0.15) is 0 Å². The highest BCUT2D eigenvalue weighted by Gasteiger charge is 2.29. The molecule has 110 valence electrons. The van der Waals surface area contributed by atoms with Crippen molar-refractivity contribution in [1.82, 2.24) is 0 Å². The number of aromatic hydroxyl groups is 8. The van der Waals surface area contributed by atoms with E-state index in [-0.39, 0.29) is 0 Å². The second-order valence-electron chi connectivity index (χ2n) is 4.37. The van der Waals surface area contributed by atoms with E-state index in [0.717, 1.165) is 0 Å². The molecule has 0 spiro atoms. The van der Waals surface area contributed by atoms with Crippen LogP contribution in [0, 0.1) is 0 Å². The molecular weight excluding hydrogens is 294 g/mol. The lowest BCUT2D eigenvalue weighted by Gasteiger charge is -2.18. The summed E-state index contributed by atoms with van der Waals surface area (Å²) < 4.78 is 0. The zero-order chi connectivity index (χ0) is 16.9. The molecule has 8 N–H and O–H groups in total. The van der Waals surface area contributed by atoms with Gasteiger partial charge in [-0.15, -0.1) is 0 Å². The molecule has 2 rings (SSSR count). The van der Waals surface area contributed by atoms with E-state index in [1.165, 1.54) is 0 Å². The normalized spacial score (nSPS) is 10.7. The van der Waals surface area contributed by atoms with Gasteiger partial charge in [0, 0.05) is 0 Å². The highest BCUT2D eigenvalue weighted by Crippen LogP contribution is 2.54. The Bertz CT molecular complexity index is 677. The molecule has 0 aliphatic carbocycles. The number of phenols is 8. The molecule has 0 unspecified atom stereocenters. The average molecular weight is 302 g/mol. The molecule has 4 radical (unpaired) electrons. The highest BCUT2D eigenvalue weighted by atomic mass is 16.3. The molecule has 8 nitrogen and oxygen atoms in total. The smallest absolute Gasteiger partial charge is 0.200 e. The van der Waals surface area contributed by atoms with Gasteiger partial charge in [0.15, 0.2) is 23.0 Å². The Kier molecular flexibility index (Phi) is 3.32. The second kappa shape index (κ2) is 4.76. The first-order chi connectivity index (χ1) is 10.1. The summed E-state index contributed by atoms with van der Waals surface area (Å²) in [5.74, 6) is -8.68. The van der Waals surface area contributed by atoms with Gasteiger partial charge in [0.2, 0.25) is 11.5 Å². The van der Waals surface area contributed by atoms with E-state index in [1.54, 1.807) is 0 Å². The molecule has 0 aliphatic heterocycles. The number of phenolic OH excluding ortho intramolecular Hbond substituents is 8. The van der Waals surface area contributed by atoms with E-state index in [4.69, 9.17) is 15.7 Å². The van der Waals surface area contributed by atoms with Gasteiger partial charge in [-0.3, -0.25) is 0 Å². The fourth-order valence-corrected chi connectivity index (χ4v) is 1.91. The maximum absolute atomic E-state index is 9.87. The summed E-state index contributed by atoms with van der Waals surface area (Å²) in [6.45, 7) is 0. The predicted molar refractivity (Wildman–Crippen MR) is 76.0 cm³/mol. The SMILES string of the molecule is [B]c1c(O)c(O)c(O)c(-c2c(O)c([B])c(O)c(O)c2O)c1O. The van der Waals surface area contributed by atoms with Crippen LogP contribution in [0.5, 0.6) is 46.0 Å². The molecular formula is C12H8B2O8. The molecule has 2 aromatic rings. The number of benzene rings is 2. The van der Waals surface area contributed by atoms with Gasteiger partial charge in [0.05, 0.1) is 11.1 Å². The Morgan fingerprint density at radius 3 is 0.909 bits per heavy atom. The van der Waals surface area contributed by atoms with Gasteiger partial charge in [-0.25, -0.2) is 0 Å². The molecule has 0 atom stereocenters. The zero-order valence-corrected chi connectivity index (χ0v) is 10.7. The highest BCUT2D eigenvalue weighted by molar-refractivity contribution is 6.39. The molecule has 0 aromatic heterocycles. The van der Waals surface area contributed by atoms with E-state index in [9.17, 15) is 40.9 Å². The first-order valence-corrected chi connectivity index (χ1v) is 5.62. The molecule has 0 saturated carbocycles. The third-order valence-corrected chi connectivity index (χ3v) is 3.11. The second-order valence-corrected chi connectivity index (χ2v) is 4.37. The molecule has 22 heavy (non-hydrogen) atoms. The quantitative estimate of drug-likeness (QED) is 0.181. The zero-order valence-electron chi connectivity index (χ0n) is 10.7. The van der Waals surface area contributed by atoms with Crippen molar-refractivity contribution in [2.45, 2.75) is 0 Å². The number of hydrogen-bond acceptors (Lipinski definition) is 8. The van der Waals surface area contributed by atoms with Crippen LogP contribution >= 0.6 is 0 Å². The Balaban J connectivity index is 3.03. The van der Waals surface area contributed by atoms with Gasteiger partial charge in [0.25, 0.3) is 0 Å². The van der Waals surface area contributed by atoms with E-state index in [0.29, 0.717) is 0 Å². The third-order valence-electron chi connectivity index (χ3n) is 3.11. The Hall–Kier alpha value is -3.03. The lowest BCUT2D eigenvalue weighted by atomic mass is 9.84. The lowest BCUT2D eigenvalue weighted by molar-refractivity contribution is 0.360. The minimum absolute atomic E-state index is 0.768. The van der Waals surface area contributed by atoms with Crippen LogP contribution < -0.4 is 10.9 Å². The standard InChI is InChI=1S/C12H8B2O8/c13-3-5(15)1(7(17)11(21)9(3)19)2-6(16)4(14)10(20)12(22)8(2)18/h15-22H. The molecule has 0 bridgehead atoms. The average Bonchev–Trinajstić information content (AvgIpc) is 2.50. The van der Waals surface area contributed by atoms with Crippen molar-refractivity contribution in [1.29, 1.82) is 0 Å². The van der Waals surface area contributed by atoms with Gasteiger partial charge in [-0.1, -0.05) is 0 Å². The number of rotatable bonds is 1. The maximum Gasteiger partial charge on any atom is 0.200 e. The van der Waals surface area contributed by atoms with E-state index >= 15 is 0 Å². The molecule has 0 fully saturated rings. The summed E-state index contributed by atoms with van der Waals surface area (Å²) in [6.07, 6.45) is 0. The maximum atomic E-state index is 9.87. The summed E-state index contributed by atoms with van der Waals surface area (Å²) >= 11 is 0. The van der Waals surface area contributed by atoms with Crippen LogP contribution in [0.3, 0.4) is 0 Å². The summed E-state index contributed by atoms with van der Waals surface area (Å²) in [5, 5.41) is 77.2. The minimum atomic E-state index is -1.15. The van der Waals surface area contributed by atoms with Crippen molar-refractivity contribution in [2.24, 2.45) is 0 Å². The van der Waals surface area contributed by atoms with Crippen molar-refractivity contribution < 1.29 is 40.9 Å². The molecule has 10 heteroatoms. The van der Waals surface area contributed by atoms with Crippen LogP contribution in [-0.4, -0.2) is 56.5 Å². The van der Waals surface area contributed by atoms with Crippen molar-refractivity contribution in [3.8, 4) is 57.1 Å². The van der Waals surface area contributed by atoms with Crippen molar-refractivity contribution in [2.75, 3.05) is 0 Å². The first kappa shape index (κ1) is 15.4. The van der Waals surface area contributed by atoms with Crippen LogP contribution in [0.15, 0.2) is 0 Å².